The first-order chi connectivity index (χ1) is 12.3. The molecule has 0 amide bonds. The maximum atomic E-state index is 6.31. The van der Waals surface area contributed by atoms with Gasteiger partial charge in [0.15, 0.2) is 0 Å². The molecular formula is C20H24BN3O2. The van der Waals surface area contributed by atoms with Gasteiger partial charge in [0.05, 0.1) is 23.3 Å². The van der Waals surface area contributed by atoms with Crippen molar-refractivity contribution in [1.29, 1.82) is 0 Å². The number of hydrogen-bond donors (Lipinski definition) is 1. The van der Waals surface area contributed by atoms with Crippen LogP contribution in [-0.2, 0) is 15.9 Å². The molecule has 0 spiro atoms. The number of nitrogens with two attached hydrogens (primary N) is 1. The highest BCUT2D eigenvalue weighted by atomic mass is 16.7. The van der Waals surface area contributed by atoms with E-state index in [1.807, 2.05) is 41.1 Å². The summed E-state index contributed by atoms with van der Waals surface area (Å²) in [6, 6.07) is 16.2. The zero-order valence-electron chi connectivity index (χ0n) is 15.7. The summed E-state index contributed by atoms with van der Waals surface area (Å²) in [5, 5.41) is 5.64. The Bertz CT molecular complexity index is 934. The Kier molecular flexibility index (Phi) is 3.86. The Morgan fingerprint density at radius 1 is 1.00 bits per heavy atom. The molecule has 1 aliphatic rings. The predicted octanol–water partition coefficient (Wildman–Crippen LogP) is 2.97. The molecule has 0 bridgehead atoms. The smallest absolute Gasteiger partial charge is 0.399 e. The van der Waals surface area contributed by atoms with Crippen LogP contribution in [0.4, 0.5) is 5.82 Å². The minimum Gasteiger partial charge on any atom is -0.399 e. The molecule has 0 unspecified atom stereocenters. The lowest BCUT2D eigenvalue weighted by molar-refractivity contribution is 0.00578. The zero-order chi connectivity index (χ0) is 18.5. The van der Waals surface area contributed by atoms with Crippen molar-refractivity contribution in [3.8, 4) is 0 Å². The molecule has 1 fully saturated rings. The van der Waals surface area contributed by atoms with Gasteiger partial charge < -0.3 is 15.0 Å². The number of hydrogen-bond acceptors (Lipinski definition) is 4. The minimum atomic E-state index is -0.398. The van der Waals surface area contributed by atoms with Crippen LogP contribution >= 0.6 is 0 Å². The monoisotopic (exact) mass is 349 g/mol. The van der Waals surface area contributed by atoms with E-state index in [0.717, 1.165) is 21.9 Å². The average Bonchev–Trinajstić information content (AvgIpc) is 3.01. The Balaban J connectivity index is 1.66. The second kappa shape index (κ2) is 5.86. The number of anilines is 1. The minimum absolute atomic E-state index is 0.363. The second-order valence-electron chi connectivity index (χ2n) is 7.89. The fourth-order valence-electron chi connectivity index (χ4n) is 3.17. The van der Waals surface area contributed by atoms with E-state index < -0.39 is 7.12 Å². The van der Waals surface area contributed by atoms with Gasteiger partial charge in [0.25, 0.3) is 0 Å². The van der Waals surface area contributed by atoms with Crippen LogP contribution in [0.3, 0.4) is 0 Å². The summed E-state index contributed by atoms with van der Waals surface area (Å²) in [6.45, 7) is 8.86. The lowest BCUT2D eigenvalue weighted by Gasteiger charge is -2.32. The summed E-state index contributed by atoms with van der Waals surface area (Å²) in [6.07, 6.45) is 0. The van der Waals surface area contributed by atoms with Gasteiger partial charge in [-0.15, -0.1) is 0 Å². The van der Waals surface area contributed by atoms with Gasteiger partial charge in [0.1, 0.15) is 5.82 Å². The first-order valence-corrected chi connectivity index (χ1v) is 8.92. The first kappa shape index (κ1) is 17.1. The lowest BCUT2D eigenvalue weighted by atomic mass is 9.79. The Morgan fingerprint density at radius 2 is 1.65 bits per heavy atom. The number of benzene rings is 2. The van der Waals surface area contributed by atoms with Gasteiger partial charge in [0, 0.05) is 5.39 Å². The van der Waals surface area contributed by atoms with Crippen molar-refractivity contribution in [2.24, 2.45) is 0 Å². The van der Waals surface area contributed by atoms with Crippen molar-refractivity contribution in [3.05, 3.63) is 54.1 Å². The van der Waals surface area contributed by atoms with E-state index >= 15 is 0 Å². The van der Waals surface area contributed by atoms with Gasteiger partial charge in [0.2, 0.25) is 0 Å². The van der Waals surface area contributed by atoms with Gasteiger partial charge in [-0.25, -0.2) is 4.68 Å². The Labute approximate surface area is 154 Å². The van der Waals surface area contributed by atoms with E-state index in [-0.39, 0.29) is 11.2 Å². The van der Waals surface area contributed by atoms with Crippen LogP contribution in [0.5, 0.6) is 0 Å². The summed E-state index contributed by atoms with van der Waals surface area (Å²) < 4.78 is 14.1. The molecular weight excluding hydrogens is 325 g/mol. The van der Waals surface area contributed by atoms with Crippen molar-refractivity contribution in [2.45, 2.75) is 45.4 Å². The Hall–Kier alpha value is -2.31. The van der Waals surface area contributed by atoms with Crippen LogP contribution in [0.2, 0.25) is 0 Å². The molecule has 3 aromatic rings. The van der Waals surface area contributed by atoms with E-state index in [9.17, 15) is 0 Å². The van der Waals surface area contributed by atoms with Crippen molar-refractivity contribution in [1.82, 2.24) is 9.78 Å². The van der Waals surface area contributed by atoms with Gasteiger partial charge in [-0.3, -0.25) is 0 Å². The van der Waals surface area contributed by atoms with Crippen molar-refractivity contribution in [3.63, 3.8) is 0 Å². The molecule has 1 saturated heterocycles. The molecule has 0 aliphatic carbocycles. The zero-order valence-corrected chi connectivity index (χ0v) is 15.7. The maximum Gasteiger partial charge on any atom is 0.494 e. The fraction of sp³-hybridized carbons (Fsp3) is 0.350. The van der Waals surface area contributed by atoms with Crippen LogP contribution in [0.25, 0.3) is 10.9 Å². The molecule has 0 radical (unpaired) electrons. The van der Waals surface area contributed by atoms with Crippen LogP contribution in [-0.4, -0.2) is 28.1 Å². The number of fused-ring (bicyclic) bond motifs is 1. The average molecular weight is 349 g/mol. The van der Waals surface area contributed by atoms with Gasteiger partial charge in [-0.2, -0.15) is 5.10 Å². The van der Waals surface area contributed by atoms with Crippen LogP contribution in [0, 0.1) is 0 Å². The van der Waals surface area contributed by atoms with E-state index in [1.165, 1.54) is 0 Å². The summed E-state index contributed by atoms with van der Waals surface area (Å²) in [4.78, 5) is 0. The molecule has 2 aromatic carbocycles. The lowest BCUT2D eigenvalue weighted by Crippen LogP contribution is -2.41. The second-order valence-corrected chi connectivity index (χ2v) is 7.89. The standard InChI is InChI=1S/C20H24BN3O2/c1-19(2)20(3,4)26-21(25-19)15-10-11-16-17(12-15)23-24(18(16)22)13-14-8-6-5-7-9-14/h5-12H,13,22H2,1-4H3. The van der Waals surface area contributed by atoms with Crippen LogP contribution < -0.4 is 11.2 Å². The normalized spacial score (nSPS) is 18.5. The highest BCUT2D eigenvalue weighted by molar-refractivity contribution is 6.62. The highest BCUT2D eigenvalue weighted by Crippen LogP contribution is 2.36. The van der Waals surface area contributed by atoms with Gasteiger partial charge in [-0.1, -0.05) is 36.4 Å². The molecule has 6 heteroatoms. The van der Waals surface area contributed by atoms with Gasteiger partial charge >= 0.3 is 7.12 Å². The third kappa shape index (κ3) is 2.79. The maximum absolute atomic E-state index is 6.31. The summed E-state index contributed by atoms with van der Waals surface area (Å²) >= 11 is 0. The van der Waals surface area contributed by atoms with E-state index in [2.05, 4.69) is 39.8 Å². The molecule has 4 rings (SSSR count). The number of rotatable bonds is 3. The van der Waals surface area contributed by atoms with E-state index in [4.69, 9.17) is 20.1 Å². The molecule has 2 heterocycles. The molecule has 1 aliphatic heterocycles. The predicted molar refractivity (Wildman–Crippen MR) is 105 cm³/mol. The number of aromatic nitrogens is 2. The molecule has 1 aromatic heterocycles. The summed E-state index contributed by atoms with van der Waals surface area (Å²) in [7, 11) is -0.398. The molecule has 0 atom stereocenters. The molecule has 134 valence electrons. The first-order valence-electron chi connectivity index (χ1n) is 8.92. The fourth-order valence-corrected chi connectivity index (χ4v) is 3.17. The quantitative estimate of drug-likeness (QED) is 0.739. The van der Waals surface area contributed by atoms with Crippen molar-refractivity contribution < 1.29 is 9.31 Å². The van der Waals surface area contributed by atoms with Crippen LogP contribution in [0.1, 0.15) is 33.3 Å². The third-order valence-corrected chi connectivity index (χ3v) is 5.50. The van der Waals surface area contributed by atoms with Crippen molar-refractivity contribution >= 4 is 29.3 Å². The van der Waals surface area contributed by atoms with Crippen molar-refractivity contribution in [2.75, 3.05) is 5.73 Å². The summed E-state index contributed by atoms with van der Waals surface area (Å²) in [5.74, 6) is 0.671. The number of nitrogen functional groups attached to an aromatic ring is 1. The van der Waals surface area contributed by atoms with Crippen LogP contribution in [0.15, 0.2) is 48.5 Å². The molecule has 5 nitrogen and oxygen atoms in total. The van der Waals surface area contributed by atoms with Gasteiger partial charge in [-0.05, 0) is 50.9 Å². The molecule has 26 heavy (non-hydrogen) atoms. The molecule has 0 saturated carbocycles. The SMILES string of the molecule is CC1(C)OB(c2ccc3c(N)n(Cc4ccccc4)nc3c2)OC1(C)C. The topological polar surface area (TPSA) is 62.3 Å². The van der Waals surface area contributed by atoms with E-state index in [0.29, 0.717) is 12.4 Å². The highest BCUT2D eigenvalue weighted by Gasteiger charge is 2.51. The largest absolute Gasteiger partial charge is 0.494 e. The molecule has 2 N–H and O–H groups in total. The summed E-state index contributed by atoms with van der Waals surface area (Å²) in [5.41, 5.74) is 8.57. The van der Waals surface area contributed by atoms with E-state index in [1.54, 1.807) is 0 Å². The number of nitrogens with zero attached hydrogens (tertiary/aromatic N) is 2. The third-order valence-electron chi connectivity index (χ3n) is 5.50. The Morgan fingerprint density at radius 3 is 2.31 bits per heavy atom.